The first kappa shape index (κ1) is 19.9. The smallest absolute Gasteiger partial charge is 0.344 e. The van der Waals surface area contributed by atoms with Gasteiger partial charge in [0.15, 0.2) is 12.4 Å². The summed E-state index contributed by atoms with van der Waals surface area (Å²) in [5.41, 5.74) is -0.230. The zero-order valence-electron chi connectivity index (χ0n) is 15.5. The molecule has 0 aromatic heterocycles. The molecule has 1 aliphatic heterocycles. The van der Waals surface area contributed by atoms with Gasteiger partial charge >= 0.3 is 5.97 Å². The molecule has 0 saturated carbocycles. The van der Waals surface area contributed by atoms with Gasteiger partial charge in [-0.05, 0) is 51.1 Å². The minimum Gasteiger partial charge on any atom is -0.482 e. The highest BCUT2D eigenvalue weighted by molar-refractivity contribution is 6.32. The van der Waals surface area contributed by atoms with Crippen LogP contribution in [0.25, 0.3) is 6.08 Å². The number of esters is 1. The van der Waals surface area contributed by atoms with Crippen LogP contribution in [0.15, 0.2) is 42.2 Å². The lowest BCUT2D eigenvalue weighted by Crippen LogP contribution is -2.27. The molecule has 7 heteroatoms. The predicted molar refractivity (Wildman–Crippen MR) is 102 cm³/mol. The molecule has 1 heterocycles. The van der Waals surface area contributed by atoms with Gasteiger partial charge in [0.1, 0.15) is 22.9 Å². The van der Waals surface area contributed by atoms with Crippen LogP contribution in [0, 0.1) is 5.82 Å². The van der Waals surface area contributed by atoms with Crippen LogP contribution in [0.1, 0.15) is 36.7 Å². The van der Waals surface area contributed by atoms with Crippen LogP contribution in [-0.4, -0.2) is 24.0 Å². The number of carbonyl (C=O) groups excluding carboxylic acids is 2. The summed E-state index contributed by atoms with van der Waals surface area (Å²) in [4.78, 5) is 24.2. The largest absolute Gasteiger partial charge is 0.482 e. The summed E-state index contributed by atoms with van der Waals surface area (Å²) in [7, 11) is 0. The summed E-state index contributed by atoms with van der Waals surface area (Å²) in [5, 5.41) is 0.168. The van der Waals surface area contributed by atoms with Crippen LogP contribution >= 0.6 is 11.6 Å². The minimum absolute atomic E-state index is 0.0497. The van der Waals surface area contributed by atoms with Gasteiger partial charge in [0, 0.05) is 11.6 Å². The Hall–Kier alpha value is -2.86. The van der Waals surface area contributed by atoms with Crippen LogP contribution in [0.2, 0.25) is 5.02 Å². The van der Waals surface area contributed by atoms with E-state index in [4.69, 9.17) is 25.8 Å². The molecule has 1 aliphatic rings. The van der Waals surface area contributed by atoms with E-state index in [1.54, 1.807) is 26.8 Å². The number of benzene rings is 2. The fourth-order valence-electron chi connectivity index (χ4n) is 2.55. The number of ether oxygens (including phenoxy) is 3. The van der Waals surface area contributed by atoms with Crippen LogP contribution in [0.3, 0.4) is 0 Å². The average Bonchev–Trinajstić information content (AvgIpc) is 2.90. The van der Waals surface area contributed by atoms with E-state index in [0.29, 0.717) is 11.3 Å². The molecule has 146 valence electrons. The Balaban J connectivity index is 1.76. The van der Waals surface area contributed by atoms with Crippen molar-refractivity contribution >= 4 is 29.4 Å². The molecular weight excluding hydrogens is 387 g/mol. The number of Topliss-reactive ketones (excluding diaryl/α,β-unsaturated/α-hetero) is 1. The molecule has 0 amide bonds. The molecule has 0 bridgehead atoms. The van der Waals surface area contributed by atoms with E-state index in [0.717, 1.165) is 0 Å². The maximum Gasteiger partial charge on any atom is 0.344 e. The topological polar surface area (TPSA) is 61.8 Å². The van der Waals surface area contributed by atoms with Gasteiger partial charge in [-0.2, -0.15) is 0 Å². The number of carbonyl (C=O) groups is 2. The highest BCUT2D eigenvalue weighted by Gasteiger charge is 2.28. The van der Waals surface area contributed by atoms with Gasteiger partial charge in [0.05, 0.1) is 10.6 Å². The van der Waals surface area contributed by atoms with Crippen LogP contribution in [0.5, 0.6) is 11.5 Å². The fraction of sp³-hybridized carbons (Fsp3) is 0.238. The quantitative estimate of drug-likeness (QED) is 0.540. The Morgan fingerprint density at radius 2 is 2.00 bits per heavy atom. The van der Waals surface area contributed by atoms with E-state index in [1.807, 2.05) is 0 Å². The summed E-state index contributed by atoms with van der Waals surface area (Å²) in [6.07, 6.45) is 1.27. The van der Waals surface area contributed by atoms with E-state index in [9.17, 15) is 14.0 Å². The van der Waals surface area contributed by atoms with E-state index in [-0.39, 0.29) is 28.7 Å². The molecule has 2 aromatic carbocycles. The van der Waals surface area contributed by atoms with Crippen molar-refractivity contribution in [2.24, 2.45) is 0 Å². The second-order valence-electron chi connectivity index (χ2n) is 7.11. The number of fused-ring (bicyclic) bond motifs is 1. The van der Waals surface area contributed by atoms with Gasteiger partial charge in [-0.25, -0.2) is 9.18 Å². The number of hydrogen-bond acceptors (Lipinski definition) is 5. The number of rotatable bonds is 4. The third kappa shape index (κ3) is 4.51. The molecule has 0 atom stereocenters. The third-order valence-electron chi connectivity index (χ3n) is 3.69. The van der Waals surface area contributed by atoms with E-state index in [2.05, 4.69) is 0 Å². The number of halogens is 2. The Morgan fingerprint density at radius 3 is 2.68 bits per heavy atom. The summed E-state index contributed by atoms with van der Waals surface area (Å²) in [6.45, 7) is 5.00. The third-order valence-corrected chi connectivity index (χ3v) is 4.02. The van der Waals surface area contributed by atoms with E-state index < -0.39 is 23.2 Å². The lowest BCUT2D eigenvalue weighted by molar-refractivity contribution is -0.157. The predicted octanol–water partition coefficient (Wildman–Crippen LogP) is 4.82. The van der Waals surface area contributed by atoms with Crippen molar-refractivity contribution in [1.82, 2.24) is 0 Å². The van der Waals surface area contributed by atoms with E-state index in [1.165, 1.54) is 36.4 Å². The monoisotopic (exact) mass is 404 g/mol. The van der Waals surface area contributed by atoms with Crippen molar-refractivity contribution in [3.05, 3.63) is 64.1 Å². The molecule has 0 fully saturated rings. The number of allylic oxidation sites excluding steroid dienone is 1. The molecule has 0 spiro atoms. The Bertz CT molecular complexity index is 955. The maximum absolute atomic E-state index is 14.0. The van der Waals surface area contributed by atoms with Crippen LogP contribution in [0.4, 0.5) is 4.39 Å². The summed E-state index contributed by atoms with van der Waals surface area (Å²) in [5.74, 6) is -0.930. The minimum atomic E-state index is -0.610. The molecule has 0 radical (unpaired) electrons. The normalized spacial score (nSPS) is 14.6. The molecule has 0 N–H and O–H groups in total. The number of ketones is 1. The van der Waals surface area contributed by atoms with Crippen LogP contribution in [-0.2, 0) is 9.53 Å². The fourth-order valence-corrected chi connectivity index (χ4v) is 2.77. The van der Waals surface area contributed by atoms with Gasteiger partial charge < -0.3 is 14.2 Å². The van der Waals surface area contributed by atoms with Crippen molar-refractivity contribution in [3.8, 4) is 11.5 Å². The Morgan fingerprint density at radius 1 is 1.25 bits per heavy atom. The number of hydrogen-bond donors (Lipinski definition) is 0. The van der Waals surface area contributed by atoms with Crippen molar-refractivity contribution in [2.75, 3.05) is 6.61 Å². The zero-order valence-corrected chi connectivity index (χ0v) is 16.3. The Kier molecular flexibility index (Phi) is 5.42. The molecular formula is C21H18ClFO5. The lowest BCUT2D eigenvalue weighted by Gasteiger charge is -2.19. The standard InChI is InChI=1S/C21H18ClFO5/c1-21(2,3)28-19(24)11-26-12-7-8-13-17(9-12)27-18(20(13)25)10-14-15(22)5-4-6-16(14)23/h4-10H,11H2,1-3H3. The molecule has 2 aromatic rings. The first-order chi connectivity index (χ1) is 13.1. The maximum atomic E-state index is 14.0. The van der Waals surface area contributed by atoms with Crippen molar-refractivity contribution in [2.45, 2.75) is 26.4 Å². The van der Waals surface area contributed by atoms with Crippen molar-refractivity contribution in [3.63, 3.8) is 0 Å². The van der Waals surface area contributed by atoms with Gasteiger partial charge in [-0.15, -0.1) is 0 Å². The van der Waals surface area contributed by atoms with Gasteiger partial charge in [0.25, 0.3) is 0 Å². The van der Waals surface area contributed by atoms with Gasteiger partial charge in [-0.3, -0.25) is 4.79 Å². The molecule has 28 heavy (non-hydrogen) atoms. The molecule has 5 nitrogen and oxygen atoms in total. The Labute approximate surface area is 166 Å². The first-order valence-electron chi connectivity index (χ1n) is 8.51. The van der Waals surface area contributed by atoms with Crippen molar-refractivity contribution in [1.29, 1.82) is 0 Å². The molecule has 3 rings (SSSR count). The SMILES string of the molecule is CC(C)(C)OC(=O)COc1ccc2c(c1)OC(=Cc1c(F)cccc1Cl)C2=O. The summed E-state index contributed by atoms with van der Waals surface area (Å²) in [6, 6.07) is 8.79. The first-order valence-corrected chi connectivity index (χ1v) is 8.89. The molecule has 0 aliphatic carbocycles. The lowest BCUT2D eigenvalue weighted by atomic mass is 10.1. The van der Waals surface area contributed by atoms with Crippen LogP contribution < -0.4 is 9.47 Å². The average molecular weight is 405 g/mol. The molecule has 0 saturated heterocycles. The zero-order chi connectivity index (χ0) is 20.5. The second-order valence-corrected chi connectivity index (χ2v) is 7.52. The highest BCUT2D eigenvalue weighted by Crippen LogP contribution is 2.35. The van der Waals surface area contributed by atoms with Gasteiger partial charge in [-0.1, -0.05) is 17.7 Å². The summed E-state index contributed by atoms with van der Waals surface area (Å²) < 4.78 is 30.1. The summed E-state index contributed by atoms with van der Waals surface area (Å²) >= 11 is 5.99. The molecule has 0 unspecified atom stereocenters. The second kappa shape index (κ2) is 7.64. The highest BCUT2D eigenvalue weighted by atomic mass is 35.5. The van der Waals surface area contributed by atoms with Gasteiger partial charge in [0.2, 0.25) is 5.78 Å². The van der Waals surface area contributed by atoms with E-state index >= 15 is 0 Å². The van der Waals surface area contributed by atoms with Crippen molar-refractivity contribution < 1.29 is 28.2 Å².